The number of nitrogens with one attached hydrogen (secondary N) is 2. The molecule has 0 aliphatic rings. The molecule has 0 amide bonds. The van der Waals surface area contributed by atoms with Crippen LogP contribution in [0.25, 0.3) is 10.9 Å². The van der Waals surface area contributed by atoms with Gasteiger partial charge in [0.25, 0.3) is 0 Å². The normalized spacial score (nSPS) is 10.6. The molecule has 1 heterocycles. The molecule has 0 bridgehead atoms. The zero-order valence-corrected chi connectivity index (χ0v) is 11.7. The minimum atomic E-state index is 0.662. The molecule has 0 aliphatic heterocycles. The van der Waals surface area contributed by atoms with Gasteiger partial charge in [0.15, 0.2) is 0 Å². The van der Waals surface area contributed by atoms with Crippen molar-refractivity contribution in [2.45, 2.75) is 32.6 Å². The monoisotopic (exact) mass is 258 g/mol. The van der Waals surface area contributed by atoms with Crippen molar-refractivity contribution >= 4 is 22.7 Å². The van der Waals surface area contributed by atoms with E-state index < -0.39 is 0 Å². The average Bonchev–Trinajstić information content (AvgIpc) is 2.46. The van der Waals surface area contributed by atoms with E-state index in [9.17, 15) is 0 Å². The third-order valence-electron chi connectivity index (χ3n) is 3.15. The Balaban J connectivity index is 2.11. The summed E-state index contributed by atoms with van der Waals surface area (Å²) in [5, 5.41) is 7.52. The molecule has 0 saturated carbocycles. The fourth-order valence-electron chi connectivity index (χ4n) is 2.08. The first kappa shape index (κ1) is 13.6. The maximum atomic E-state index is 4.50. The quantitative estimate of drug-likeness (QED) is 0.744. The Kier molecular flexibility index (Phi) is 4.95. The summed E-state index contributed by atoms with van der Waals surface area (Å²) in [4.78, 5) is 8.95. The zero-order chi connectivity index (χ0) is 13.5. The van der Waals surface area contributed by atoms with Gasteiger partial charge in [-0.2, -0.15) is 4.98 Å². The topological polar surface area (TPSA) is 49.8 Å². The summed E-state index contributed by atoms with van der Waals surface area (Å²) in [6, 6.07) is 8.09. The van der Waals surface area contributed by atoms with Gasteiger partial charge in [-0.3, -0.25) is 0 Å². The van der Waals surface area contributed by atoms with E-state index in [1.54, 1.807) is 0 Å². The van der Waals surface area contributed by atoms with Crippen molar-refractivity contribution in [3.8, 4) is 0 Å². The van der Waals surface area contributed by atoms with Crippen molar-refractivity contribution in [2.75, 3.05) is 24.2 Å². The van der Waals surface area contributed by atoms with Crippen LogP contribution in [0.15, 0.2) is 24.3 Å². The highest BCUT2D eigenvalue weighted by Gasteiger charge is 2.05. The van der Waals surface area contributed by atoms with E-state index in [1.807, 2.05) is 25.2 Å². The highest BCUT2D eigenvalue weighted by molar-refractivity contribution is 5.89. The third kappa shape index (κ3) is 3.56. The number of unbranched alkanes of at least 4 members (excludes halogenated alkanes) is 3. The van der Waals surface area contributed by atoms with Crippen molar-refractivity contribution < 1.29 is 0 Å². The fourth-order valence-corrected chi connectivity index (χ4v) is 2.08. The van der Waals surface area contributed by atoms with Gasteiger partial charge in [-0.1, -0.05) is 38.3 Å². The second-order valence-electron chi connectivity index (χ2n) is 4.65. The van der Waals surface area contributed by atoms with E-state index in [-0.39, 0.29) is 0 Å². The number of rotatable bonds is 7. The van der Waals surface area contributed by atoms with Crippen LogP contribution < -0.4 is 10.6 Å². The van der Waals surface area contributed by atoms with Crippen LogP contribution in [0.5, 0.6) is 0 Å². The molecule has 2 aromatic rings. The number of aromatic nitrogens is 2. The number of hydrogen-bond donors (Lipinski definition) is 2. The van der Waals surface area contributed by atoms with Crippen molar-refractivity contribution in [1.29, 1.82) is 0 Å². The Hall–Kier alpha value is -1.84. The van der Waals surface area contributed by atoms with Crippen LogP contribution in [0.2, 0.25) is 0 Å². The molecule has 4 heteroatoms. The van der Waals surface area contributed by atoms with Crippen molar-refractivity contribution in [1.82, 2.24) is 9.97 Å². The van der Waals surface area contributed by atoms with Gasteiger partial charge in [0.05, 0.1) is 5.52 Å². The molecule has 0 atom stereocenters. The molecular weight excluding hydrogens is 236 g/mol. The van der Waals surface area contributed by atoms with Crippen molar-refractivity contribution in [3.63, 3.8) is 0 Å². The second-order valence-corrected chi connectivity index (χ2v) is 4.65. The average molecular weight is 258 g/mol. The largest absolute Gasteiger partial charge is 0.369 e. The second kappa shape index (κ2) is 6.92. The van der Waals surface area contributed by atoms with Gasteiger partial charge in [0.2, 0.25) is 5.95 Å². The lowest BCUT2D eigenvalue weighted by Gasteiger charge is -2.10. The van der Waals surface area contributed by atoms with Gasteiger partial charge < -0.3 is 10.6 Å². The molecule has 0 radical (unpaired) electrons. The van der Waals surface area contributed by atoms with E-state index >= 15 is 0 Å². The maximum absolute atomic E-state index is 4.50. The molecule has 0 unspecified atom stereocenters. The highest BCUT2D eigenvalue weighted by Crippen LogP contribution is 2.21. The zero-order valence-electron chi connectivity index (χ0n) is 11.7. The number of para-hydroxylation sites is 1. The van der Waals surface area contributed by atoms with Gasteiger partial charge in [-0.05, 0) is 18.6 Å². The molecule has 19 heavy (non-hydrogen) atoms. The summed E-state index contributed by atoms with van der Waals surface area (Å²) in [6.45, 7) is 3.19. The summed E-state index contributed by atoms with van der Waals surface area (Å²) >= 11 is 0. The first-order valence-corrected chi connectivity index (χ1v) is 7.03. The minimum absolute atomic E-state index is 0.662. The predicted octanol–water partition coefficient (Wildman–Crippen LogP) is 3.66. The number of fused-ring (bicyclic) bond motifs is 1. The van der Waals surface area contributed by atoms with Crippen LogP contribution in [0.4, 0.5) is 11.8 Å². The summed E-state index contributed by atoms with van der Waals surface area (Å²) in [7, 11) is 1.84. The van der Waals surface area contributed by atoms with Crippen LogP contribution in [-0.2, 0) is 0 Å². The molecule has 102 valence electrons. The Bertz CT molecular complexity index is 525. The number of anilines is 2. The summed E-state index contributed by atoms with van der Waals surface area (Å²) in [5.41, 5.74) is 0.970. The number of nitrogens with zero attached hydrogens (tertiary/aromatic N) is 2. The number of benzene rings is 1. The highest BCUT2D eigenvalue weighted by atomic mass is 15.1. The Labute approximate surface area is 114 Å². The smallest absolute Gasteiger partial charge is 0.224 e. The van der Waals surface area contributed by atoms with Gasteiger partial charge in [0, 0.05) is 19.0 Å². The van der Waals surface area contributed by atoms with Gasteiger partial charge in [0.1, 0.15) is 5.82 Å². The molecular formula is C15H22N4. The van der Waals surface area contributed by atoms with Crippen LogP contribution in [0.1, 0.15) is 32.6 Å². The van der Waals surface area contributed by atoms with Gasteiger partial charge >= 0.3 is 0 Å². The lowest BCUT2D eigenvalue weighted by Crippen LogP contribution is -2.06. The summed E-state index contributed by atoms with van der Waals surface area (Å²) < 4.78 is 0. The number of hydrogen-bond acceptors (Lipinski definition) is 4. The fraction of sp³-hybridized carbons (Fsp3) is 0.467. The molecule has 1 aromatic heterocycles. The van der Waals surface area contributed by atoms with Crippen LogP contribution in [-0.4, -0.2) is 23.6 Å². The first-order valence-electron chi connectivity index (χ1n) is 7.03. The van der Waals surface area contributed by atoms with Crippen molar-refractivity contribution in [3.05, 3.63) is 24.3 Å². The molecule has 0 fully saturated rings. The standard InChI is InChI=1S/C15H22N4/c1-3-4-5-8-11-17-14-12-9-6-7-10-13(12)18-15(16-2)19-14/h6-7,9-10H,3-5,8,11H2,1-2H3,(H2,16,17,18,19). The lowest BCUT2D eigenvalue weighted by atomic mass is 10.2. The molecule has 1 aromatic carbocycles. The molecule has 2 rings (SSSR count). The van der Waals surface area contributed by atoms with E-state index in [0.29, 0.717) is 5.95 Å². The van der Waals surface area contributed by atoms with Crippen LogP contribution >= 0.6 is 0 Å². The molecule has 2 N–H and O–H groups in total. The SMILES string of the molecule is CCCCCCNc1nc(NC)nc2ccccc12. The van der Waals surface area contributed by atoms with E-state index in [0.717, 1.165) is 23.3 Å². The van der Waals surface area contributed by atoms with E-state index in [4.69, 9.17) is 0 Å². The minimum Gasteiger partial charge on any atom is -0.369 e. The van der Waals surface area contributed by atoms with E-state index in [2.05, 4.69) is 33.6 Å². The van der Waals surface area contributed by atoms with Crippen LogP contribution in [0.3, 0.4) is 0 Å². The van der Waals surface area contributed by atoms with Gasteiger partial charge in [-0.15, -0.1) is 0 Å². The Morgan fingerprint density at radius 2 is 1.89 bits per heavy atom. The predicted molar refractivity (Wildman–Crippen MR) is 81.7 cm³/mol. The van der Waals surface area contributed by atoms with Crippen LogP contribution in [0, 0.1) is 0 Å². The summed E-state index contributed by atoms with van der Waals surface area (Å²) in [6.07, 6.45) is 5.01. The maximum Gasteiger partial charge on any atom is 0.224 e. The summed E-state index contributed by atoms with van der Waals surface area (Å²) in [5.74, 6) is 1.58. The third-order valence-corrected chi connectivity index (χ3v) is 3.15. The molecule has 4 nitrogen and oxygen atoms in total. The molecule has 0 aliphatic carbocycles. The lowest BCUT2D eigenvalue weighted by molar-refractivity contribution is 0.684. The first-order chi connectivity index (χ1) is 9.35. The molecule has 0 saturated heterocycles. The van der Waals surface area contributed by atoms with E-state index in [1.165, 1.54) is 25.7 Å². The van der Waals surface area contributed by atoms with Gasteiger partial charge in [-0.25, -0.2) is 4.98 Å². The Morgan fingerprint density at radius 1 is 1.05 bits per heavy atom. The Morgan fingerprint density at radius 3 is 2.68 bits per heavy atom. The molecule has 0 spiro atoms. The van der Waals surface area contributed by atoms with Crippen molar-refractivity contribution in [2.24, 2.45) is 0 Å².